The van der Waals surface area contributed by atoms with Gasteiger partial charge in [-0.15, -0.1) is 6.58 Å². The number of ether oxygens (including phenoxy) is 1. The summed E-state index contributed by atoms with van der Waals surface area (Å²) >= 11 is 0. The molecule has 0 aromatic carbocycles. The van der Waals surface area contributed by atoms with Crippen LogP contribution in [0.3, 0.4) is 0 Å². The monoisotopic (exact) mass is 155 g/mol. The highest BCUT2D eigenvalue weighted by molar-refractivity contribution is 4.72. The van der Waals surface area contributed by atoms with E-state index in [1.165, 1.54) is 19.3 Å². The van der Waals surface area contributed by atoms with Gasteiger partial charge in [-0.2, -0.15) is 0 Å². The fourth-order valence-corrected chi connectivity index (χ4v) is 1.36. The first-order valence-electron chi connectivity index (χ1n) is 4.35. The molecule has 0 amide bonds. The molecule has 0 aromatic heterocycles. The number of rotatable bonds is 4. The van der Waals surface area contributed by atoms with Crippen molar-refractivity contribution in [2.24, 2.45) is 0 Å². The van der Waals surface area contributed by atoms with E-state index in [1.807, 2.05) is 0 Å². The van der Waals surface area contributed by atoms with Gasteiger partial charge in [-0.3, -0.25) is 0 Å². The van der Waals surface area contributed by atoms with Gasteiger partial charge in [0.25, 0.3) is 0 Å². The highest BCUT2D eigenvalue weighted by Gasteiger charge is 2.11. The summed E-state index contributed by atoms with van der Waals surface area (Å²) in [5.41, 5.74) is 0. The van der Waals surface area contributed by atoms with Crippen molar-refractivity contribution >= 4 is 0 Å². The predicted octanol–water partition coefficient (Wildman–Crippen LogP) is 1.33. The summed E-state index contributed by atoms with van der Waals surface area (Å²) in [6.45, 7) is 6.27. The molecule has 0 radical (unpaired) electrons. The lowest BCUT2D eigenvalue weighted by Crippen LogP contribution is -2.37. The molecule has 1 unspecified atom stereocenters. The minimum Gasteiger partial charge on any atom is -0.376 e. The van der Waals surface area contributed by atoms with Gasteiger partial charge >= 0.3 is 0 Å². The second-order valence-corrected chi connectivity index (χ2v) is 2.97. The number of nitrogens with one attached hydrogen (secondary N) is 1. The summed E-state index contributed by atoms with van der Waals surface area (Å²) in [4.78, 5) is 0. The number of piperidine rings is 1. The van der Waals surface area contributed by atoms with Crippen LogP contribution in [0.1, 0.15) is 19.3 Å². The predicted molar refractivity (Wildman–Crippen MR) is 46.7 cm³/mol. The molecule has 0 bridgehead atoms. The molecule has 1 heterocycles. The van der Waals surface area contributed by atoms with Crippen molar-refractivity contribution in [3.63, 3.8) is 0 Å². The van der Waals surface area contributed by atoms with Gasteiger partial charge in [0, 0.05) is 6.04 Å². The van der Waals surface area contributed by atoms with Crippen molar-refractivity contribution in [2.75, 3.05) is 19.8 Å². The lowest BCUT2D eigenvalue weighted by Gasteiger charge is -2.22. The van der Waals surface area contributed by atoms with Gasteiger partial charge < -0.3 is 10.1 Å². The Hall–Kier alpha value is -0.340. The molecule has 1 rings (SSSR count). The summed E-state index contributed by atoms with van der Waals surface area (Å²) in [7, 11) is 0. The van der Waals surface area contributed by atoms with E-state index in [9.17, 15) is 0 Å². The highest BCUT2D eigenvalue weighted by Crippen LogP contribution is 2.06. The van der Waals surface area contributed by atoms with Crippen molar-refractivity contribution < 1.29 is 4.74 Å². The van der Waals surface area contributed by atoms with Gasteiger partial charge in [0.2, 0.25) is 0 Å². The van der Waals surface area contributed by atoms with E-state index < -0.39 is 0 Å². The van der Waals surface area contributed by atoms with Crippen molar-refractivity contribution in [3.8, 4) is 0 Å². The molecule has 0 aliphatic carbocycles. The third-order valence-corrected chi connectivity index (χ3v) is 1.97. The maximum atomic E-state index is 5.34. The van der Waals surface area contributed by atoms with Gasteiger partial charge in [-0.05, 0) is 19.4 Å². The lowest BCUT2D eigenvalue weighted by molar-refractivity contribution is 0.126. The summed E-state index contributed by atoms with van der Waals surface area (Å²) in [6.07, 6.45) is 5.72. The molecule has 2 heteroatoms. The smallest absolute Gasteiger partial charge is 0.0645 e. The van der Waals surface area contributed by atoms with Gasteiger partial charge in [-0.25, -0.2) is 0 Å². The van der Waals surface area contributed by atoms with Gasteiger partial charge in [0.05, 0.1) is 13.2 Å². The summed E-state index contributed by atoms with van der Waals surface area (Å²) < 4.78 is 5.34. The quantitative estimate of drug-likeness (QED) is 0.488. The molecular formula is C9H17NO. The SMILES string of the molecule is C=CCOCC1CCCCN1. The molecular weight excluding hydrogens is 138 g/mol. The summed E-state index contributed by atoms with van der Waals surface area (Å²) in [5, 5.41) is 3.42. The van der Waals surface area contributed by atoms with Crippen molar-refractivity contribution in [2.45, 2.75) is 25.3 Å². The Bertz CT molecular complexity index is 108. The Kier molecular flexibility index (Phi) is 4.24. The third-order valence-electron chi connectivity index (χ3n) is 1.97. The first-order valence-corrected chi connectivity index (χ1v) is 4.35. The second kappa shape index (κ2) is 5.33. The Labute approximate surface area is 68.6 Å². The maximum Gasteiger partial charge on any atom is 0.0645 e. The summed E-state index contributed by atoms with van der Waals surface area (Å²) in [5.74, 6) is 0. The van der Waals surface area contributed by atoms with Crippen LogP contribution in [0.2, 0.25) is 0 Å². The molecule has 0 aromatic rings. The van der Waals surface area contributed by atoms with E-state index in [2.05, 4.69) is 11.9 Å². The molecule has 1 fully saturated rings. The van der Waals surface area contributed by atoms with Crippen LogP contribution in [0, 0.1) is 0 Å². The van der Waals surface area contributed by atoms with Crippen LogP contribution in [0.5, 0.6) is 0 Å². The largest absolute Gasteiger partial charge is 0.376 e. The van der Waals surface area contributed by atoms with E-state index in [-0.39, 0.29) is 0 Å². The minimum absolute atomic E-state index is 0.587. The Morgan fingerprint density at radius 1 is 1.55 bits per heavy atom. The molecule has 1 atom stereocenters. The Balaban J connectivity index is 2.00. The molecule has 1 aliphatic rings. The first-order chi connectivity index (χ1) is 5.43. The molecule has 1 aliphatic heterocycles. The number of hydrogen-bond acceptors (Lipinski definition) is 2. The fourth-order valence-electron chi connectivity index (χ4n) is 1.36. The van der Waals surface area contributed by atoms with E-state index in [0.717, 1.165) is 13.2 Å². The normalized spacial score (nSPS) is 24.9. The zero-order valence-corrected chi connectivity index (χ0v) is 7.01. The van der Waals surface area contributed by atoms with Crippen LogP contribution in [0.25, 0.3) is 0 Å². The Morgan fingerprint density at radius 2 is 2.45 bits per heavy atom. The molecule has 1 N–H and O–H groups in total. The van der Waals surface area contributed by atoms with Crippen LogP contribution in [0.4, 0.5) is 0 Å². The van der Waals surface area contributed by atoms with Crippen molar-refractivity contribution in [1.29, 1.82) is 0 Å². The van der Waals surface area contributed by atoms with Crippen LogP contribution in [-0.4, -0.2) is 25.8 Å². The van der Waals surface area contributed by atoms with E-state index in [4.69, 9.17) is 4.74 Å². The zero-order chi connectivity index (χ0) is 7.94. The molecule has 64 valence electrons. The topological polar surface area (TPSA) is 21.3 Å². The van der Waals surface area contributed by atoms with E-state index >= 15 is 0 Å². The average molecular weight is 155 g/mol. The molecule has 2 nitrogen and oxygen atoms in total. The fraction of sp³-hybridized carbons (Fsp3) is 0.778. The van der Waals surface area contributed by atoms with Crippen LogP contribution in [-0.2, 0) is 4.74 Å². The zero-order valence-electron chi connectivity index (χ0n) is 7.01. The van der Waals surface area contributed by atoms with E-state index in [0.29, 0.717) is 12.6 Å². The van der Waals surface area contributed by atoms with Crippen molar-refractivity contribution in [1.82, 2.24) is 5.32 Å². The highest BCUT2D eigenvalue weighted by atomic mass is 16.5. The van der Waals surface area contributed by atoms with Crippen LogP contribution >= 0.6 is 0 Å². The molecule has 11 heavy (non-hydrogen) atoms. The summed E-state index contributed by atoms with van der Waals surface area (Å²) in [6, 6.07) is 0.587. The second-order valence-electron chi connectivity index (χ2n) is 2.97. The first kappa shape index (κ1) is 8.75. The van der Waals surface area contributed by atoms with Gasteiger partial charge in [0.1, 0.15) is 0 Å². The van der Waals surface area contributed by atoms with E-state index in [1.54, 1.807) is 6.08 Å². The molecule has 0 spiro atoms. The van der Waals surface area contributed by atoms with Gasteiger partial charge in [-0.1, -0.05) is 12.5 Å². The Morgan fingerprint density at radius 3 is 3.09 bits per heavy atom. The van der Waals surface area contributed by atoms with Crippen molar-refractivity contribution in [3.05, 3.63) is 12.7 Å². The van der Waals surface area contributed by atoms with Crippen LogP contribution in [0.15, 0.2) is 12.7 Å². The minimum atomic E-state index is 0.587. The number of hydrogen-bond donors (Lipinski definition) is 1. The lowest BCUT2D eigenvalue weighted by atomic mass is 10.1. The average Bonchev–Trinajstić information content (AvgIpc) is 2.07. The maximum absolute atomic E-state index is 5.34. The standard InChI is InChI=1S/C9H17NO/c1-2-7-11-8-9-5-3-4-6-10-9/h2,9-10H,1,3-8H2. The molecule has 0 saturated carbocycles. The molecule has 1 saturated heterocycles. The third kappa shape index (κ3) is 3.54. The van der Waals surface area contributed by atoms with Crippen LogP contribution < -0.4 is 5.32 Å². The van der Waals surface area contributed by atoms with Gasteiger partial charge in [0.15, 0.2) is 0 Å².